The molecule has 1 fully saturated rings. The van der Waals surface area contributed by atoms with Crippen molar-refractivity contribution in [2.75, 3.05) is 26.7 Å². The Morgan fingerprint density at radius 2 is 1.59 bits per heavy atom. The second-order valence-corrected chi connectivity index (χ2v) is 8.73. The van der Waals surface area contributed by atoms with Gasteiger partial charge < -0.3 is 10.6 Å². The molecule has 2 amide bonds. The summed E-state index contributed by atoms with van der Waals surface area (Å²) in [6.45, 7) is 4.53. The summed E-state index contributed by atoms with van der Waals surface area (Å²) in [4.78, 5) is 28.1. The number of hydrogen-bond acceptors (Lipinski definition) is 3. The van der Waals surface area contributed by atoms with Gasteiger partial charge in [0.25, 0.3) is 5.91 Å². The molecule has 3 aromatic carbocycles. The lowest BCUT2D eigenvalue weighted by molar-refractivity contribution is -0.118. The van der Waals surface area contributed by atoms with Crippen LogP contribution in [0.4, 0.5) is 0 Å². The van der Waals surface area contributed by atoms with E-state index in [1.807, 2.05) is 36.4 Å². The summed E-state index contributed by atoms with van der Waals surface area (Å²) in [5, 5.41) is 1.89. The van der Waals surface area contributed by atoms with Gasteiger partial charge >= 0.3 is 0 Å². The van der Waals surface area contributed by atoms with Gasteiger partial charge in [0.05, 0.1) is 6.54 Å². The molecule has 4 rings (SSSR count). The van der Waals surface area contributed by atoms with Gasteiger partial charge in [-0.25, -0.2) is 0 Å². The number of piperidine rings is 1. The summed E-state index contributed by atoms with van der Waals surface area (Å²) >= 11 is 0. The molecule has 5 nitrogen and oxygen atoms in total. The van der Waals surface area contributed by atoms with Gasteiger partial charge in [-0.2, -0.15) is 0 Å². The first kappa shape index (κ1) is 22.0. The van der Waals surface area contributed by atoms with Crippen LogP contribution in [0.5, 0.6) is 0 Å². The lowest BCUT2D eigenvalue weighted by atomic mass is 9.93. The molecule has 1 unspecified atom stereocenters. The van der Waals surface area contributed by atoms with E-state index >= 15 is 0 Å². The molecule has 32 heavy (non-hydrogen) atoms. The van der Waals surface area contributed by atoms with E-state index in [1.165, 1.54) is 42.8 Å². The Labute approximate surface area is 189 Å². The number of primary amides is 1. The van der Waals surface area contributed by atoms with Gasteiger partial charge in [0.1, 0.15) is 0 Å². The quantitative estimate of drug-likeness (QED) is 0.622. The van der Waals surface area contributed by atoms with Gasteiger partial charge in [-0.15, -0.1) is 0 Å². The molecule has 166 valence electrons. The van der Waals surface area contributed by atoms with Crippen molar-refractivity contribution in [3.05, 3.63) is 71.8 Å². The number of carbonyl (C=O) groups is 2. The van der Waals surface area contributed by atoms with Crippen molar-refractivity contribution in [3.8, 4) is 11.1 Å². The zero-order chi connectivity index (χ0) is 22.7. The summed E-state index contributed by atoms with van der Waals surface area (Å²) in [5.74, 6) is -0.738. The molecule has 0 radical (unpaired) electrons. The van der Waals surface area contributed by atoms with Crippen molar-refractivity contribution in [1.29, 1.82) is 0 Å². The SMILES string of the molecule is CC(c1ccc(-c2ccc(C(=O)N(C)CC(N)=O)c3ccccc23)cc1)N1CCCCC1. The molecular formula is C27H31N3O2. The normalized spacial score (nSPS) is 15.4. The van der Waals surface area contributed by atoms with Crippen LogP contribution in [-0.2, 0) is 4.79 Å². The Morgan fingerprint density at radius 3 is 2.25 bits per heavy atom. The fourth-order valence-electron chi connectivity index (χ4n) is 4.71. The maximum atomic E-state index is 12.9. The number of nitrogens with zero attached hydrogens (tertiary/aromatic N) is 2. The summed E-state index contributed by atoms with van der Waals surface area (Å²) in [7, 11) is 1.60. The highest BCUT2D eigenvalue weighted by atomic mass is 16.2. The smallest absolute Gasteiger partial charge is 0.254 e. The second-order valence-electron chi connectivity index (χ2n) is 8.73. The van der Waals surface area contributed by atoms with Gasteiger partial charge in [0.2, 0.25) is 5.91 Å². The molecule has 2 N–H and O–H groups in total. The number of fused-ring (bicyclic) bond motifs is 1. The minimum absolute atomic E-state index is 0.106. The summed E-state index contributed by atoms with van der Waals surface area (Å²) in [5.41, 5.74) is 9.39. The van der Waals surface area contributed by atoms with Gasteiger partial charge in [-0.05, 0) is 66.4 Å². The molecule has 3 aromatic rings. The van der Waals surface area contributed by atoms with Crippen LogP contribution in [0.3, 0.4) is 0 Å². The van der Waals surface area contributed by atoms with E-state index in [9.17, 15) is 9.59 Å². The van der Waals surface area contributed by atoms with Gasteiger partial charge in [0.15, 0.2) is 0 Å². The van der Waals surface area contributed by atoms with Crippen LogP contribution in [0.15, 0.2) is 60.7 Å². The van der Waals surface area contributed by atoms with Crippen LogP contribution in [0.1, 0.15) is 48.1 Å². The van der Waals surface area contributed by atoms with Crippen LogP contribution >= 0.6 is 0 Å². The molecule has 0 saturated carbocycles. The Bertz CT molecular complexity index is 1120. The minimum atomic E-state index is -0.527. The van der Waals surface area contributed by atoms with Crippen LogP contribution in [0.2, 0.25) is 0 Å². The molecule has 1 atom stereocenters. The van der Waals surface area contributed by atoms with E-state index in [-0.39, 0.29) is 12.5 Å². The van der Waals surface area contributed by atoms with Crippen LogP contribution in [-0.4, -0.2) is 48.3 Å². The Kier molecular flexibility index (Phi) is 6.56. The lowest BCUT2D eigenvalue weighted by Crippen LogP contribution is -2.35. The first-order valence-corrected chi connectivity index (χ1v) is 11.4. The highest BCUT2D eigenvalue weighted by molar-refractivity contribution is 6.11. The average molecular weight is 430 g/mol. The lowest BCUT2D eigenvalue weighted by Gasteiger charge is -2.32. The first-order valence-electron chi connectivity index (χ1n) is 11.4. The van der Waals surface area contributed by atoms with E-state index < -0.39 is 5.91 Å². The summed E-state index contributed by atoms with van der Waals surface area (Å²) in [6.07, 6.45) is 3.91. The minimum Gasteiger partial charge on any atom is -0.368 e. The van der Waals surface area contributed by atoms with E-state index in [0.717, 1.165) is 21.9 Å². The Morgan fingerprint density at radius 1 is 0.938 bits per heavy atom. The van der Waals surface area contributed by atoms with Crippen LogP contribution in [0, 0.1) is 0 Å². The summed E-state index contributed by atoms with van der Waals surface area (Å²) in [6, 6.07) is 21.0. The molecule has 1 heterocycles. The molecule has 0 spiro atoms. The molecule has 1 aliphatic heterocycles. The highest BCUT2D eigenvalue weighted by Gasteiger charge is 2.20. The predicted octanol–water partition coefficient (Wildman–Crippen LogP) is 4.61. The molecule has 0 aliphatic carbocycles. The fraction of sp³-hybridized carbons (Fsp3) is 0.333. The van der Waals surface area contributed by atoms with Crippen molar-refractivity contribution in [1.82, 2.24) is 9.80 Å². The number of rotatable bonds is 6. The van der Waals surface area contributed by atoms with Crippen molar-refractivity contribution < 1.29 is 9.59 Å². The number of nitrogens with two attached hydrogens (primary N) is 1. The van der Waals surface area contributed by atoms with E-state index in [4.69, 9.17) is 5.73 Å². The number of benzene rings is 3. The number of likely N-dealkylation sites (tertiary alicyclic amines) is 1. The highest BCUT2D eigenvalue weighted by Crippen LogP contribution is 2.33. The molecule has 0 bridgehead atoms. The van der Waals surface area contributed by atoms with E-state index in [1.54, 1.807) is 7.05 Å². The molecule has 1 aliphatic rings. The molecule has 1 saturated heterocycles. The standard InChI is InChI=1S/C27H31N3O2/c1-19(30-16-6-3-7-17-30)20-10-12-21(13-11-20)22-14-15-25(24-9-5-4-8-23(22)24)27(32)29(2)18-26(28)31/h4-5,8-15,19H,3,6-7,16-18H2,1-2H3,(H2,28,31). The Hall–Kier alpha value is -3.18. The van der Waals surface area contributed by atoms with Crippen LogP contribution < -0.4 is 5.73 Å². The van der Waals surface area contributed by atoms with Crippen molar-refractivity contribution in [2.24, 2.45) is 5.73 Å². The van der Waals surface area contributed by atoms with Crippen molar-refractivity contribution in [3.63, 3.8) is 0 Å². The zero-order valence-corrected chi connectivity index (χ0v) is 18.9. The van der Waals surface area contributed by atoms with Crippen molar-refractivity contribution >= 4 is 22.6 Å². The molecule has 5 heteroatoms. The summed E-state index contributed by atoms with van der Waals surface area (Å²) < 4.78 is 0. The van der Waals surface area contributed by atoms with Gasteiger partial charge in [-0.3, -0.25) is 14.5 Å². The maximum Gasteiger partial charge on any atom is 0.254 e. The fourth-order valence-corrected chi connectivity index (χ4v) is 4.71. The average Bonchev–Trinajstić information content (AvgIpc) is 2.82. The number of carbonyl (C=O) groups excluding carboxylic acids is 2. The number of likely N-dealkylation sites (N-methyl/N-ethyl adjacent to an activating group) is 1. The van der Waals surface area contributed by atoms with E-state index in [0.29, 0.717) is 11.6 Å². The topological polar surface area (TPSA) is 66.6 Å². The molecular weight excluding hydrogens is 398 g/mol. The van der Waals surface area contributed by atoms with Gasteiger partial charge in [0, 0.05) is 18.7 Å². The number of amides is 2. The maximum absolute atomic E-state index is 12.9. The monoisotopic (exact) mass is 429 g/mol. The van der Waals surface area contributed by atoms with E-state index in [2.05, 4.69) is 36.1 Å². The number of hydrogen-bond donors (Lipinski definition) is 1. The third-order valence-electron chi connectivity index (χ3n) is 6.54. The van der Waals surface area contributed by atoms with Gasteiger partial charge in [-0.1, -0.05) is 61.0 Å². The molecule has 0 aromatic heterocycles. The predicted molar refractivity (Wildman–Crippen MR) is 129 cm³/mol. The first-order chi connectivity index (χ1) is 15.5. The third kappa shape index (κ3) is 4.53. The third-order valence-corrected chi connectivity index (χ3v) is 6.54. The largest absolute Gasteiger partial charge is 0.368 e. The zero-order valence-electron chi connectivity index (χ0n) is 18.9. The van der Waals surface area contributed by atoms with Crippen molar-refractivity contribution in [2.45, 2.75) is 32.2 Å². The Balaban J connectivity index is 1.65. The van der Waals surface area contributed by atoms with Crippen LogP contribution in [0.25, 0.3) is 21.9 Å². The second kappa shape index (κ2) is 9.53.